The molecule has 0 saturated carbocycles. The topological polar surface area (TPSA) is 90.8 Å². The van der Waals surface area contributed by atoms with Crippen LogP contribution in [0.4, 0.5) is 0 Å². The van der Waals surface area contributed by atoms with Crippen LogP contribution in [0.3, 0.4) is 0 Å². The average molecular weight is 413 g/mol. The van der Waals surface area contributed by atoms with Crippen molar-refractivity contribution in [2.24, 2.45) is 4.99 Å². The molecule has 4 rings (SSSR count). The molecule has 3 N–H and O–H groups in total. The van der Waals surface area contributed by atoms with E-state index >= 15 is 0 Å². The van der Waals surface area contributed by atoms with Gasteiger partial charge < -0.3 is 15.7 Å². The van der Waals surface area contributed by atoms with Crippen LogP contribution < -0.4 is 10.6 Å². The van der Waals surface area contributed by atoms with Crippen LogP contribution in [0.1, 0.15) is 11.1 Å². The van der Waals surface area contributed by atoms with Crippen molar-refractivity contribution in [1.82, 2.24) is 10.6 Å². The van der Waals surface area contributed by atoms with E-state index in [0.29, 0.717) is 18.8 Å². The maximum atomic E-state index is 12.7. The number of amidine groups is 1. The van der Waals surface area contributed by atoms with E-state index in [2.05, 4.69) is 15.6 Å². The average Bonchev–Trinajstić information content (AvgIpc) is 2.81. The van der Waals surface area contributed by atoms with Crippen LogP contribution in [0.15, 0.2) is 89.9 Å². The molecule has 3 aromatic rings. The fourth-order valence-electron chi connectivity index (χ4n) is 3.57. The monoisotopic (exact) mass is 413 g/mol. The molecule has 2 amide bonds. The summed E-state index contributed by atoms with van der Waals surface area (Å²) in [7, 11) is 0. The lowest BCUT2D eigenvalue weighted by molar-refractivity contribution is -0.136. The molecule has 0 aliphatic carbocycles. The molecule has 6 nitrogen and oxygen atoms in total. The number of hydrogen-bond donors (Lipinski definition) is 3. The zero-order valence-electron chi connectivity index (χ0n) is 16.9. The third-order valence-electron chi connectivity index (χ3n) is 5.17. The number of nitrogens with one attached hydrogen (secondary N) is 2. The van der Waals surface area contributed by atoms with Crippen molar-refractivity contribution in [3.05, 3.63) is 96.1 Å². The van der Waals surface area contributed by atoms with E-state index < -0.39 is 24.0 Å². The molecule has 156 valence electrons. The maximum Gasteiger partial charge on any atom is 0.256 e. The highest BCUT2D eigenvalue weighted by Gasteiger charge is 2.36. The summed E-state index contributed by atoms with van der Waals surface area (Å²) in [5.41, 5.74) is 3.97. The summed E-state index contributed by atoms with van der Waals surface area (Å²) in [6, 6.07) is 26.0. The van der Waals surface area contributed by atoms with Gasteiger partial charge in [0.1, 0.15) is 5.84 Å². The number of aliphatic hydroxyl groups excluding tert-OH is 1. The Labute approximate surface area is 180 Å². The first kappa shape index (κ1) is 20.5. The Bertz CT molecular complexity index is 1100. The van der Waals surface area contributed by atoms with Gasteiger partial charge in [0.15, 0.2) is 12.1 Å². The first-order valence-electron chi connectivity index (χ1n) is 10.1. The third kappa shape index (κ3) is 4.87. The van der Waals surface area contributed by atoms with E-state index in [4.69, 9.17) is 0 Å². The van der Waals surface area contributed by atoms with Crippen molar-refractivity contribution < 1.29 is 14.7 Å². The van der Waals surface area contributed by atoms with Crippen molar-refractivity contribution in [3.8, 4) is 11.1 Å². The fraction of sp³-hybridized carbons (Fsp3) is 0.160. The van der Waals surface area contributed by atoms with E-state index in [1.165, 1.54) is 0 Å². The lowest BCUT2D eigenvalue weighted by Crippen LogP contribution is -2.54. The summed E-state index contributed by atoms with van der Waals surface area (Å²) in [6.45, 7) is 0.298. The molecule has 31 heavy (non-hydrogen) atoms. The van der Waals surface area contributed by atoms with E-state index in [1.54, 1.807) is 0 Å². The number of carbonyl (C=O) groups is 2. The van der Waals surface area contributed by atoms with Crippen LogP contribution in [-0.4, -0.2) is 34.9 Å². The van der Waals surface area contributed by atoms with E-state index in [1.807, 2.05) is 84.9 Å². The Morgan fingerprint density at radius 2 is 1.58 bits per heavy atom. The highest BCUT2D eigenvalue weighted by atomic mass is 16.3. The van der Waals surface area contributed by atoms with Crippen LogP contribution in [0.5, 0.6) is 0 Å². The molecule has 0 saturated heterocycles. The number of nitrogens with zero attached hydrogens (tertiary/aromatic N) is 1. The molecular formula is C25H23N3O3. The summed E-state index contributed by atoms with van der Waals surface area (Å²) >= 11 is 0. The van der Waals surface area contributed by atoms with E-state index in [0.717, 1.165) is 22.3 Å². The molecule has 0 spiro atoms. The Kier molecular flexibility index (Phi) is 6.19. The van der Waals surface area contributed by atoms with Crippen molar-refractivity contribution in [2.45, 2.75) is 25.1 Å². The predicted octanol–water partition coefficient (Wildman–Crippen LogP) is 2.47. The summed E-state index contributed by atoms with van der Waals surface area (Å²) in [5.74, 6) is -0.749. The fourth-order valence-corrected chi connectivity index (χ4v) is 3.57. The third-order valence-corrected chi connectivity index (χ3v) is 5.17. The predicted molar refractivity (Wildman–Crippen MR) is 119 cm³/mol. The van der Waals surface area contributed by atoms with Crippen molar-refractivity contribution in [2.75, 3.05) is 0 Å². The van der Waals surface area contributed by atoms with Gasteiger partial charge in [-0.15, -0.1) is 0 Å². The van der Waals surface area contributed by atoms with E-state index in [9.17, 15) is 14.7 Å². The maximum absolute atomic E-state index is 12.7. The molecule has 6 heteroatoms. The largest absolute Gasteiger partial charge is 0.380 e. The highest BCUT2D eigenvalue weighted by molar-refractivity contribution is 6.07. The van der Waals surface area contributed by atoms with Gasteiger partial charge in [-0.3, -0.25) is 14.6 Å². The minimum atomic E-state index is -1.52. The second-order valence-electron chi connectivity index (χ2n) is 7.36. The molecule has 0 radical (unpaired) electrons. The Hall–Kier alpha value is -3.77. The minimum Gasteiger partial charge on any atom is -0.380 e. The van der Waals surface area contributed by atoms with Crippen molar-refractivity contribution >= 4 is 17.6 Å². The van der Waals surface area contributed by atoms with E-state index in [-0.39, 0.29) is 0 Å². The summed E-state index contributed by atoms with van der Waals surface area (Å²) in [6.07, 6.45) is -1.18. The Balaban J connectivity index is 1.54. The Morgan fingerprint density at radius 3 is 2.32 bits per heavy atom. The van der Waals surface area contributed by atoms with Crippen LogP contribution in [0, 0.1) is 0 Å². The van der Waals surface area contributed by atoms with Crippen LogP contribution in [-0.2, 0) is 22.6 Å². The molecule has 2 unspecified atom stereocenters. The number of carbonyl (C=O) groups excluding carboxylic acids is 2. The summed E-state index contributed by atoms with van der Waals surface area (Å²) < 4.78 is 0. The molecule has 3 aromatic carbocycles. The normalized spacial score (nSPS) is 18.1. The molecular weight excluding hydrogens is 390 g/mol. The molecule has 1 aliphatic heterocycles. The summed E-state index contributed by atoms with van der Waals surface area (Å²) in [5, 5.41) is 15.6. The van der Waals surface area contributed by atoms with Gasteiger partial charge in [0, 0.05) is 13.0 Å². The summed E-state index contributed by atoms with van der Waals surface area (Å²) in [4.78, 5) is 29.4. The zero-order valence-corrected chi connectivity index (χ0v) is 16.9. The molecule has 2 atom stereocenters. The first-order chi connectivity index (χ1) is 15.1. The van der Waals surface area contributed by atoms with Gasteiger partial charge in [-0.05, 0) is 22.3 Å². The van der Waals surface area contributed by atoms with Gasteiger partial charge >= 0.3 is 0 Å². The van der Waals surface area contributed by atoms with Gasteiger partial charge in [-0.1, -0.05) is 84.9 Å². The van der Waals surface area contributed by atoms with Crippen molar-refractivity contribution in [1.29, 1.82) is 0 Å². The molecule has 1 heterocycles. The van der Waals surface area contributed by atoms with Crippen LogP contribution >= 0.6 is 0 Å². The smallest absolute Gasteiger partial charge is 0.256 e. The van der Waals surface area contributed by atoms with Crippen LogP contribution in [0.2, 0.25) is 0 Å². The number of aliphatic hydroxyl groups is 1. The molecule has 0 aromatic heterocycles. The number of rotatable bonds is 6. The second-order valence-corrected chi connectivity index (χ2v) is 7.36. The molecule has 0 bridgehead atoms. The Morgan fingerprint density at radius 1 is 0.935 bits per heavy atom. The van der Waals surface area contributed by atoms with Gasteiger partial charge in [0.2, 0.25) is 5.91 Å². The minimum absolute atomic E-state index is 0.298. The molecule has 1 aliphatic rings. The lowest BCUT2D eigenvalue weighted by Gasteiger charge is -2.25. The second kappa shape index (κ2) is 9.36. The van der Waals surface area contributed by atoms with Gasteiger partial charge in [0.05, 0.1) is 0 Å². The number of aliphatic imine (C=N–C) groups is 1. The highest BCUT2D eigenvalue weighted by Crippen LogP contribution is 2.24. The van der Waals surface area contributed by atoms with Gasteiger partial charge in [-0.2, -0.15) is 0 Å². The molecule has 0 fully saturated rings. The number of hydrogen-bond acceptors (Lipinski definition) is 4. The van der Waals surface area contributed by atoms with Gasteiger partial charge in [0.25, 0.3) is 5.91 Å². The van der Waals surface area contributed by atoms with Gasteiger partial charge in [-0.25, -0.2) is 0 Å². The SMILES string of the molecule is O=C1NC(Cc2ccccc2-c2ccccc2)=NC(C(=O)NCc2ccccc2)C1O. The standard InChI is InChI=1S/C25H23N3O3/c29-23-22(24(30)26-16-17-9-3-1-4-10-17)27-21(28-25(23)31)15-19-13-7-8-14-20(19)18-11-5-2-6-12-18/h1-14,22-23,29H,15-16H2,(H,26,30)(H,27,28,31). The van der Waals surface area contributed by atoms with Crippen LogP contribution in [0.25, 0.3) is 11.1 Å². The number of amides is 2. The first-order valence-corrected chi connectivity index (χ1v) is 10.1. The zero-order chi connectivity index (χ0) is 21.6. The lowest BCUT2D eigenvalue weighted by atomic mass is 9.96. The number of benzene rings is 3. The van der Waals surface area contributed by atoms with Crippen molar-refractivity contribution in [3.63, 3.8) is 0 Å². The quantitative estimate of drug-likeness (QED) is 0.580.